The summed E-state index contributed by atoms with van der Waals surface area (Å²) in [6, 6.07) is 12.6. The van der Waals surface area contributed by atoms with Crippen molar-refractivity contribution in [1.82, 2.24) is 4.90 Å². The van der Waals surface area contributed by atoms with E-state index in [1.54, 1.807) is 19.2 Å². The van der Waals surface area contributed by atoms with Crippen molar-refractivity contribution in [3.63, 3.8) is 0 Å². The highest BCUT2D eigenvalue weighted by molar-refractivity contribution is 5.96. The van der Waals surface area contributed by atoms with Crippen LogP contribution in [-0.4, -0.2) is 42.5 Å². The largest absolute Gasteiger partial charge is 0.497 e. The van der Waals surface area contributed by atoms with Gasteiger partial charge in [0.05, 0.1) is 18.1 Å². The van der Waals surface area contributed by atoms with Gasteiger partial charge in [-0.2, -0.15) is 0 Å². The third-order valence-corrected chi connectivity index (χ3v) is 6.11. The molecule has 0 saturated carbocycles. The molecule has 0 N–H and O–H groups in total. The van der Waals surface area contributed by atoms with Gasteiger partial charge in [0.2, 0.25) is 0 Å². The van der Waals surface area contributed by atoms with Crippen molar-refractivity contribution >= 4 is 17.3 Å². The molecule has 0 aliphatic carbocycles. The number of carbonyl (C=O) groups is 1. The van der Waals surface area contributed by atoms with Crippen LogP contribution in [0.25, 0.3) is 0 Å². The average Bonchev–Trinajstić information content (AvgIpc) is 3.29. The molecule has 0 bridgehead atoms. The van der Waals surface area contributed by atoms with E-state index in [1.165, 1.54) is 6.07 Å². The molecular formula is C23H27N3O4. The molecule has 2 aliphatic heterocycles. The van der Waals surface area contributed by atoms with Crippen molar-refractivity contribution in [3.8, 4) is 5.75 Å². The van der Waals surface area contributed by atoms with Gasteiger partial charge in [-0.1, -0.05) is 12.1 Å². The third kappa shape index (κ3) is 3.97. The van der Waals surface area contributed by atoms with Crippen molar-refractivity contribution in [2.45, 2.75) is 38.1 Å². The number of likely N-dealkylation sites (tertiary alicyclic amines) is 1. The van der Waals surface area contributed by atoms with E-state index in [2.05, 4.69) is 4.90 Å². The van der Waals surface area contributed by atoms with Crippen LogP contribution in [0, 0.1) is 10.1 Å². The number of nitro groups is 1. The summed E-state index contributed by atoms with van der Waals surface area (Å²) in [6.45, 7) is 2.28. The highest BCUT2D eigenvalue weighted by Crippen LogP contribution is 2.36. The van der Waals surface area contributed by atoms with E-state index in [1.807, 2.05) is 29.2 Å². The van der Waals surface area contributed by atoms with Crippen molar-refractivity contribution in [3.05, 3.63) is 63.7 Å². The van der Waals surface area contributed by atoms with E-state index >= 15 is 0 Å². The van der Waals surface area contributed by atoms with Crippen molar-refractivity contribution in [1.29, 1.82) is 0 Å². The van der Waals surface area contributed by atoms with Gasteiger partial charge in [0.25, 0.3) is 11.6 Å². The number of hydrogen-bond donors (Lipinski definition) is 0. The summed E-state index contributed by atoms with van der Waals surface area (Å²) in [5.41, 5.74) is 2.03. The van der Waals surface area contributed by atoms with Crippen molar-refractivity contribution < 1.29 is 14.5 Å². The Bertz CT molecular complexity index is 940. The summed E-state index contributed by atoms with van der Waals surface area (Å²) in [5.74, 6) is 0.599. The van der Waals surface area contributed by atoms with Gasteiger partial charge in [-0.25, -0.2) is 0 Å². The van der Waals surface area contributed by atoms with Crippen LogP contribution in [0.3, 0.4) is 0 Å². The predicted octanol–water partition coefficient (Wildman–Crippen LogP) is 4.57. The topological polar surface area (TPSA) is 75.9 Å². The summed E-state index contributed by atoms with van der Waals surface area (Å²) in [7, 11) is 1.62. The highest BCUT2D eigenvalue weighted by atomic mass is 16.6. The van der Waals surface area contributed by atoms with Gasteiger partial charge in [0.1, 0.15) is 11.4 Å². The lowest BCUT2D eigenvalue weighted by Gasteiger charge is -2.29. The Balaban J connectivity index is 1.61. The number of methoxy groups -OCH3 is 1. The van der Waals surface area contributed by atoms with Gasteiger partial charge < -0.3 is 14.5 Å². The predicted molar refractivity (Wildman–Crippen MR) is 115 cm³/mol. The first-order chi connectivity index (χ1) is 14.6. The van der Waals surface area contributed by atoms with E-state index in [0.29, 0.717) is 17.8 Å². The van der Waals surface area contributed by atoms with Gasteiger partial charge >= 0.3 is 0 Å². The molecule has 7 nitrogen and oxygen atoms in total. The van der Waals surface area contributed by atoms with Crippen LogP contribution in [0.2, 0.25) is 0 Å². The first kappa shape index (κ1) is 20.2. The first-order valence-corrected chi connectivity index (χ1v) is 10.6. The van der Waals surface area contributed by atoms with Crippen LogP contribution in [-0.2, 0) is 0 Å². The summed E-state index contributed by atoms with van der Waals surface area (Å²) in [4.78, 5) is 28.6. The van der Waals surface area contributed by atoms with E-state index in [9.17, 15) is 14.9 Å². The molecule has 2 aromatic carbocycles. The number of rotatable bonds is 5. The SMILES string of the molecule is COc1cccc([C@H]2CCCN2C(=O)c2ccc(N3CCCCC3)c([N+](=O)[O-])c2)c1. The molecule has 2 saturated heterocycles. The molecule has 0 spiro atoms. The summed E-state index contributed by atoms with van der Waals surface area (Å²) in [6.07, 6.45) is 5.00. The fourth-order valence-electron chi connectivity index (χ4n) is 4.58. The summed E-state index contributed by atoms with van der Waals surface area (Å²) < 4.78 is 5.32. The van der Waals surface area contributed by atoms with E-state index in [0.717, 1.165) is 56.5 Å². The Kier molecular flexibility index (Phi) is 5.88. The van der Waals surface area contributed by atoms with Crippen molar-refractivity contribution in [2.75, 3.05) is 31.6 Å². The monoisotopic (exact) mass is 409 g/mol. The fourth-order valence-corrected chi connectivity index (χ4v) is 4.58. The molecule has 7 heteroatoms. The maximum absolute atomic E-state index is 13.3. The molecule has 30 heavy (non-hydrogen) atoms. The quantitative estimate of drug-likeness (QED) is 0.534. The standard InChI is InChI=1S/C23H27N3O4/c1-30-19-8-5-7-17(15-19)20-9-6-14-25(20)23(27)18-10-11-21(22(16-18)26(28)29)24-12-3-2-4-13-24/h5,7-8,10-11,15-16,20H,2-4,6,9,12-14H2,1H3/t20-/m1/s1. The summed E-state index contributed by atoms with van der Waals surface area (Å²) in [5, 5.41) is 11.8. The molecule has 1 amide bonds. The highest BCUT2D eigenvalue weighted by Gasteiger charge is 2.32. The molecule has 158 valence electrons. The Morgan fingerprint density at radius 3 is 2.60 bits per heavy atom. The molecular weight excluding hydrogens is 382 g/mol. The normalized spacial score (nSPS) is 19.0. The number of piperidine rings is 1. The van der Waals surface area contributed by atoms with Crippen LogP contribution in [0.15, 0.2) is 42.5 Å². The zero-order chi connectivity index (χ0) is 21.1. The molecule has 2 heterocycles. The van der Waals surface area contributed by atoms with Gasteiger partial charge in [-0.3, -0.25) is 14.9 Å². The van der Waals surface area contributed by atoms with Gasteiger partial charge in [0.15, 0.2) is 0 Å². The molecule has 2 fully saturated rings. The lowest BCUT2D eigenvalue weighted by Crippen LogP contribution is -2.31. The van der Waals surface area contributed by atoms with Gasteiger partial charge in [-0.15, -0.1) is 0 Å². The molecule has 0 radical (unpaired) electrons. The molecule has 1 atom stereocenters. The zero-order valence-electron chi connectivity index (χ0n) is 17.3. The Morgan fingerprint density at radius 1 is 1.07 bits per heavy atom. The molecule has 0 unspecified atom stereocenters. The van der Waals surface area contributed by atoms with E-state index < -0.39 is 0 Å². The smallest absolute Gasteiger partial charge is 0.293 e. The second-order valence-electron chi connectivity index (χ2n) is 7.94. The van der Waals surface area contributed by atoms with E-state index in [4.69, 9.17) is 4.74 Å². The summed E-state index contributed by atoms with van der Waals surface area (Å²) >= 11 is 0. The molecule has 0 aromatic heterocycles. The van der Waals surface area contributed by atoms with Crippen LogP contribution in [0.4, 0.5) is 11.4 Å². The first-order valence-electron chi connectivity index (χ1n) is 10.6. The number of nitro benzene ring substituents is 1. The third-order valence-electron chi connectivity index (χ3n) is 6.11. The van der Waals surface area contributed by atoms with Crippen molar-refractivity contribution in [2.24, 2.45) is 0 Å². The number of nitrogens with zero attached hydrogens (tertiary/aromatic N) is 3. The van der Waals surface area contributed by atoms with E-state index in [-0.39, 0.29) is 22.6 Å². The Labute approximate surface area is 176 Å². The number of ether oxygens (including phenoxy) is 1. The fraction of sp³-hybridized carbons (Fsp3) is 0.435. The molecule has 2 aromatic rings. The van der Waals surface area contributed by atoms with Crippen LogP contribution < -0.4 is 9.64 Å². The molecule has 4 rings (SSSR count). The van der Waals surface area contributed by atoms with Crippen LogP contribution >= 0.6 is 0 Å². The number of anilines is 1. The maximum atomic E-state index is 13.3. The Morgan fingerprint density at radius 2 is 1.87 bits per heavy atom. The molecule has 2 aliphatic rings. The Hall–Kier alpha value is -3.09. The minimum absolute atomic E-state index is 0.0138. The van der Waals surface area contributed by atoms with Gasteiger partial charge in [0, 0.05) is 31.3 Å². The number of hydrogen-bond acceptors (Lipinski definition) is 5. The lowest BCUT2D eigenvalue weighted by atomic mass is 10.0. The minimum Gasteiger partial charge on any atom is -0.497 e. The number of carbonyl (C=O) groups excluding carboxylic acids is 1. The van der Waals surface area contributed by atoms with Gasteiger partial charge in [-0.05, 0) is 61.9 Å². The maximum Gasteiger partial charge on any atom is 0.293 e. The lowest BCUT2D eigenvalue weighted by molar-refractivity contribution is -0.384. The van der Waals surface area contributed by atoms with Crippen LogP contribution in [0.1, 0.15) is 54.1 Å². The second-order valence-corrected chi connectivity index (χ2v) is 7.94. The zero-order valence-corrected chi connectivity index (χ0v) is 17.3. The number of benzene rings is 2. The minimum atomic E-state index is -0.371. The van der Waals surface area contributed by atoms with Crippen LogP contribution in [0.5, 0.6) is 5.75 Å². The number of amides is 1. The second kappa shape index (κ2) is 8.73. The average molecular weight is 409 g/mol.